The minimum Gasteiger partial charge on any atom is -0.496 e. The summed E-state index contributed by atoms with van der Waals surface area (Å²) in [6, 6.07) is 7.51. The number of oxazole rings is 1. The van der Waals surface area contributed by atoms with Crippen LogP contribution >= 0.6 is 11.3 Å². The molecule has 0 bridgehead atoms. The number of benzene rings is 1. The summed E-state index contributed by atoms with van der Waals surface area (Å²) in [7, 11) is 1.63. The molecular formula is C32H39N3O8S. The Morgan fingerprint density at radius 1 is 1.23 bits per heavy atom. The third-order valence-electron chi connectivity index (χ3n) is 8.73. The number of nitrogens with zero attached hydrogens (tertiary/aromatic N) is 3. The lowest BCUT2D eigenvalue weighted by Crippen LogP contribution is -2.62. The number of para-hydroxylation sites is 1. The van der Waals surface area contributed by atoms with Gasteiger partial charge in [-0.05, 0) is 57.1 Å². The van der Waals surface area contributed by atoms with E-state index in [1.54, 1.807) is 25.1 Å². The average molecular weight is 626 g/mol. The number of hydrogen-bond acceptors (Lipinski definition) is 11. The topological polar surface area (TPSA) is 124 Å². The van der Waals surface area contributed by atoms with Crippen molar-refractivity contribution >= 4 is 28.2 Å². The molecule has 236 valence electrons. The predicted molar refractivity (Wildman–Crippen MR) is 162 cm³/mol. The number of ether oxygens (including phenoxy) is 4. The molecule has 2 atom stereocenters. The summed E-state index contributed by atoms with van der Waals surface area (Å²) in [5.74, 6) is 0.730. The second kappa shape index (κ2) is 13.3. The molecule has 3 aliphatic rings. The van der Waals surface area contributed by atoms with Crippen molar-refractivity contribution in [3.8, 4) is 16.5 Å². The van der Waals surface area contributed by atoms with Gasteiger partial charge in [0.15, 0.2) is 0 Å². The monoisotopic (exact) mass is 625 g/mol. The predicted octanol–water partition coefficient (Wildman–Crippen LogP) is 4.93. The molecule has 6 rings (SSSR count). The Kier molecular flexibility index (Phi) is 9.22. The highest BCUT2D eigenvalue weighted by Gasteiger charge is 2.48. The first-order chi connectivity index (χ1) is 21.4. The third-order valence-corrected chi connectivity index (χ3v) is 10.0. The van der Waals surface area contributed by atoms with Gasteiger partial charge >= 0.3 is 5.97 Å². The van der Waals surface area contributed by atoms with E-state index in [2.05, 4.69) is 4.98 Å². The van der Waals surface area contributed by atoms with Crippen molar-refractivity contribution in [2.45, 2.75) is 70.6 Å². The highest BCUT2D eigenvalue weighted by atomic mass is 32.1. The number of rotatable bonds is 11. The van der Waals surface area contributed by atoms with Gasteiger partial charge in [0.2, 0.25) is 12.2 Å². The fourth-order valence-electron chi connectivity index (χ4n) is 6.43. The van der Waals surface area contributed by atoms with Gasteiger partial charge in [0, 0.05) is 31.2 Å². The van der Waals surface area contributed by atoms with Crippen LogP contribution in [0.5, 0.6) is 5.75 Å². The number of esters is 1. The fraction of sp³-hybridized carbons (Fsp3) is 0.531. The van der Waals surface area contributed by atoms with Gasteiger partial charge in [-0.2, -0.15) is 0 Å². The standard InChI is InChI=1S/C32H39N3O8S/c1-4-41-26(36)17-20-15-21(16-20)35-30(37)27-19(2)28(29-33-11-14-42-29)44-31(27)34(32(35)38)18-25(43-22-9-12-40-13-10-22)23-7-5-6-8-24(23)39-3/h5-8,11,14,20-22,25,32,38H,4,9-10,12-13,15-18H2,1-3H3/t20-,21-,25-,32?/m0/s1. The second-order valence-electron chi connectivity index (χ2n) is 11.5. The molecule has 3 aromatic rings. The number of aromatic nitrogens is 1. The van der Waals surface area contributed by atoms with Gasteiger partial charge in [0.05, 0.1) is 43.0 Å². The Morgan fingerprint density at radius 3 is 2.70 bits per heavy atom. The van der Waals surface area contributed by atoms with Crippen molar-refractivity contribution < 1.29 is 38.1 Å². The number of thiophene rings is 1. The van der Waals surface area contributed by atoms with Crippen molar-refractivity contribution in [2.24, 2.45) is 5.92 Å². The van der Waals surface area contributed by atoms with Crippen LogP contribution < -0.4 is 9.64 Å². The van der Waals surface area contributed by atoms with E-state index in [-0.39, 0.29) is 36.5 Å². The molecule has 0 radical (unpaired) electrons. The number of carbonyl (C=O) groups excluding carboxylic acids is 2. The van der Waals surface area contributed by atoms with Crippen molar-refractivity contribution in [2.75, 3.05) is 38.4 Å². The van der Waals surface area contributed by atoms with Gasteiger partial charge in [0.1, 0.15) is 23.1 Å². The number of anilines is 1. The maximum absolute atomic E-state index is 14.2. The summed E-state index contributed by atoms with van der Waals surface area (Å²) in [4.78, 5) is 34.8. The SMILES string of the molecule is CCOC(=O)C[C@H]1C[C@H](N2C(=O)c3c(sc(-c4ncco4)c3C)N(C[C@H](OC3CCOCC3)c3ccccc3OC)C2O)C1. The zero-order valence-electron chi connectivity index (χ0n) is 25.3. The maximum atomic E-state index is 14.2. The van der Waals surface area contributed by atoms with Crippen LogP contribution in [0.3, 0.4) is 0 Å². The molecule has 1 saturated heterocycles. The Hall–Kier alpha value is -3.45. The van der Waals surface area contributed by atoms with Crippen LogP contribution in [-0.4, -0.2) is 78.8 Å². The number of aliphatic hydroxyl groups is 1. The lowest BCUT2D eigenvalue weighted by molar-refractivity contribution is -0.145. The number of hydrogen-bond donors (Lipinski definition) is 1. The van der Waals surface area contributed by atoms with E-state index in [9.17, 15) is 14.7 Å². The van der Waals surface area contributed by atoms with Crippen LogP contribution in [-0.2, 0) is 19.0 Å². The number of methoxy groups -OCH3 is 1. The number of carbonyl (C=O) groups is 2. The summed E-state index contributed by atoms with van der Waals surface area (Å²) in [5.41, 5.74) is 2.13. The summed E-state index contributed by atoms with van der Waals surface area (Å²) in [6.07, 6.45) is 4.38. The second-order valence-corrected chi connectivity index (χ2v) is 12.5. The molecule has 12 heteroatoms. The minimum atomic E-state index is -1.24. The molecule has 1 amide bonds. The third kappa shape index (κ3) is 5.95. The molecule has 2 aliphatic heterocycles. The van der Waals surface area contributed by atoms with Crippen LogP contribution in [0.2, 0.25) is 0 Å². The van der Waals surface area contributed by atoms with Gasteiger partial charge in [0.25, 0.3) is 5.91 Å². The number of amides is 1. The van der Waals surface area contributed by atoms with Gasteiger partial charge in [-0.3, -0.25) is 14.5 Å². The highest BCUT2D eigenvalue weighted by molar-refractivity contribution is 7.20. The molecule has 11 nitrogen and oxygen atoms in total. The molecule has 1 unspecified atom stereocenters. The van der Waals surface area contributed by atoms with Crippen LogP contribution in [0.1, 0.15) is 66.6 Å². The lowest BCUT2D eigenvalue weighted by Gasteiger charge is -2.50. The minimum absolute atomic E-state index is 0.0268. The van der Waals surface area contributed by atoms with E-state index in [0.29, 0.717) is 61.3 Å². The Bertz CT molecular complexity index is 1450. The zero-order chi connectivity index (χ0) is 30.8. The van der Waals surface area contributed by atoms with Crippen LogP contribution in [0, 0.1) is 12.8 Å². The van der Waals surface area contributed by atoms with E-state index >= 15 is 0 Å². The van der Waals surface area contributed by atoms with Crippen molar-refractivity contribution in [1.29, 1.82) is 0 Å². The highest BCUT2D eigenvalue weighted by Crippen LogP contribution is 2.48. The van der Waals surface area contributed by atoms with E-state index in [1.165, 1.54) is 17.6 Å². The van der Waals surface area contributed by atoms with E-state index in [1.807, 2.05) is 36.1 Å². The first-order valence-electron chi connectivity index (χ1n) is 15.2. The number of aliphatic hydroxyl groups excluding tert-OH is 1. The lowest BCUT2D eigenvalue weighted by atomic mass is 9.77. The molecule has 4 heterocycles. The molecule has 0 spiro atoms. The molecule has 1 saturated carbocycles. The zero-order valence-corrected chi connectivity index (χ0v) is 26.1. The van der Waals surface area contributed by atoms with Crippen molar-refractivity contribution in [3.05, 3.63) is 53.4 Å². The maximum Gasteiger partial charge on any atom is 0.306 e. The molecule has 1 N–H and O–H groups in total. The molecular weight excluding hydrogens is 586 g/mol. The van der Waals surface area contributed by atoms with Crippen LogP contribution in [0.15, 0.2) is 41.1 Å². The smallest absolute Gasteiger partial charge is 0.306 e. The first kappa shape index (κ1) is 30.6. The summed E-state index contributed by atoms with van der Waals surface area (Å²) in [6.45, 7) is 5.53. The summed E-state index contributed by atoms with van der Waals surface area (Å²) in [5, 5.41) is 12.6. The van der Waals surface area contributed by atoms with Crippen molar-refractivity contribution in [1.82, 2.24) is 9.88 Å². The molecule has 44 heavy (non-hydrogen) atoms. The van der Waals surface area contributed by atoms with Gasteiger partial charge in [-0.25, -0.2) is 4.98 Å². The first-order valence-corrected chi connectivity index (χ1v) is 16.0. The Morgan fingerprint density at radius 2 is 2.00 bits per heavy atom. The number of fused-ring (bicyclic) bond motifs is 1. The quantitative estimate of drug-likeness (QED) is 0.294. The largest absolute Gasteiger partial charge is 0.496 e. The Labute approximate surface area is 260 Å². The normalized spacial score (nSPS) is 22.8. The van der Waals surface area contributed by atoms with Gasteiger partial charge in [-0.15, -0.1) is 11.3 Å². The van der Waals surface area contributed by atoms with Crippen LogP contribution in [0.4, 0.5) is 5.00 Å². The Balaban J connectivity index is 1.35. The van der Waals surface area contributed by atoms with E-state index < -0.39 is 12.5 Å². The van der Waals surface area contributed by atoms with Gasteiger partial charge < -0.3 is 33.4 Å². The summed E-state index contributed by atoms with van der Waals surface area (Å²) >= 11 is 1.38. The molecule has 1 aromatic carbocycles. The molecule has 1 aliphatic carbocycles. The van der Waals surface area contributed by atoms with Crippen molar-refractivity contribution in [3.63, 3.8) is 0 Å². The van der Waals surface area contributed by atoms with E-state index in [4.69, 9.17) is 23.4 Å². The molecule has 2 aromatic heterocycles. The molecule has 2 fully saturated rings. The van der Waals surface area contributed by atoms with E-state index in [0.717, 1.165) is 28.8 Å². The summed E-state index contributed by atoms with van der Waals surface area (Å²) < 4.78 is 28.8. The average Bonchev–Trinajstić information content (AvgIpc) is 3.66. The fourth-order valence-corrected chi connectivity index (χ4v) is 7.70. The van der Waals surface area contributed by atoms with Crippen LogP contribution in [0.25, 0.3) is 10.8 Å². The van der Waals surface area contributed by atoms with Gasteiger partial charge in [-0.1, -0.05) is 18.2 Å².